The molecule has 4 heteroatoms. The summed E-state index contributed by atoms with van der Waals surface area (Å²) in [7, 11) is 0. The van der Waals surface area contributed by atoms with Crippen molar-refractivity contribution in [3.05, 3.63) is 41.7 Å². The Kier molecular flexibility index (Phi) is 3.76. The van der Waals surface area contributed by atoms with Gasteiger partial charge in [0.2, 0.25) is 0 Å². The Bertz CT molecular complexity index is 650. The molecule has 0 radical (unpaired) electrons. The minimum absolute atomic E-state index is 0.0525. The van der Waals surface area contributed by atoms with Crippen LogP contribution in [-0.4, -0.2) is 16.2 Å². The summed E-state index contributed by atoms with van der Waals surface area (Å²) in [5.41, 5.74) is 9.76. The molecule has 0 saturated heterocycles. The van der Waals surface area contributed by atoms with Crippen LogP contribution >= 0.6 is 11.8 Å². The molecule has 0 aliphatic heterocycles. The molecule has 2 N–H and O–H groups in total. The van der Waals surface area contributed by atoms with Crippen LogP contribution in [-0.2, 0) is 6.42 Å². The number of aromatic nitrogens is 2. The van der Waals surface area contributed by atoms with E-state index in [1.54, 1.807) is 11.8 Å². The Balaban J connectivity index is 1.98. The zero-order valence-corrected chi connectivity index (χ0v) is 13.6. The van der Waals surface area contributed by atoms with Gasteiger partial charge in [0.25, 0.3) is 0 Å². The van der Waals surface area contributed by atoms with E-state index in [-0.39, 0.29) is 11.5 Å². The third-order valence-electron chi connectivity index (χ3n) is 4.07. The van der Waals surface area contributed by atoms with Gasteiger partial charge in [-0.15, -0.1) is 11.8 Å². The maximum absolute atomic E-state index is 6.27. The number of rotatable bonds is 2. The van der Waals surface area contributed by atoms with Crippen molar-refractivity contribution in [3.63, 3.8) is 0 Å². The lowest BCUT2D eigenvalue weighted by molar-refractivity contribution is 0.278. The van der Waals surface area contributed by atoms with Crippen molar-refractivity contribution in [3.8, 4) is 11.4 Å². The highest BCUT2D eigenvalue weighted by atomic mass is 32.2. The Morgan fingerprint density at radius 2 is 1.95 bits per heavy atom. The van der Waals surface area contributed by atoms with E-state index in [2.05, 4.69) is 49.4 Å². The molecular weight excluding hydrogens is 278 g/mol. The summed E-state index contributed by atoms with van der Waals surface area (Å²) in [5.74, 6) is 0.798. The largest absolute Gasteiger partial charge is 0.324 e. The first-order valence-electron chi connectivity index (χ1n) is 7.24. The average molecular weight is 299 g/mol. The molecule has 0 spiro atoms. The second kappa shape index (κ2) is 5.43. The van der Waals surface area contributed by atoms with Gasteiger partial charge in [-0.05, 0) is 36.6 Å². The Morgan fingerprint density at radius 1 is 1.24 bits per heavy atom. The maximum atomic E-state index is 6.27. The topological polar surface area (TPSA) is 51.8 Å². The molecule has 0 bridgehead atoms. The van der Waals surface area contributed by atoms with Crippen molar-refractivity contribution >= 4 is 11.8 Å². The molecule has 1 aliphatic rings. The predicted molar refractivity (Wildman–Crippen MR) is 88.3 cm³/mol. The molecule has 1 unspecified atom stereocenters. The van der Waals surface area contributed by atoms with Gasteiger partial charge in [-0.25, -0.2) is 9.97 Å². The van der Waals surface area contributed by atoms with Gasteiger partial charge in [0, 0.05) is 34.0 Å². The van der Waals surface area contributed by atoms with Crippen LogP contribution in [0.5, 0.6) is 0 Å². The molecule has 1 aliphatic carbocycles. The van der Waals surface area contributed by atoms with E-state index in [0.717, 1.165) is 35.5 Å². The first kappa shape index (κ1) is 14.5. The highest BCUT2D eigenvalue weighted by Crippen LogP contribution is 2.38. The molecule has 0 saturated carbocycles. The summed E-state index contributed by atoms with van der Waals surface area (Å²) in [6.45, 7) is 4.51. The SMILES string of the molecule is CSc1ccc(-c2ncc3c(n2)CC(C)(C)CC3N)cc1. The third kappa shape index (κ3) is 2.97. The number of nitrogens with zero attached hydrogens (tertiary/aromatic N) is 2. The van der Waals surface area contributed by atoms with Crippen molar-refractivity contribution in [2.75, 3.05) is 6.26 Å². The Morgan fingerprint density at radius 3 is 2.62 bits per heavy atom. The van der Waals surface area contributed by atoms with Gasteiger partial charge in [-0.3, -0.25) is 0 Å². The number of fused-ring (bicyclic) bond motifs is 1. The van der Waals surface area contributed by atoms with Crippen LogP contribution in [0.25, 0.3) is 11.4 Å². The molecule has 3 rings (SSSR count). The Hall–Kier alpha value is -1.39. The summed E-state index contributed by atoms with van der Waals surface area (Å²) in [5, 5.41) is 0. The van der Waals surface area contributed by atoms with E-state index >= 15 is 0 Å². The smallest absolute Gasteiger partial charge is 0.159 e. The number of nitrogens with two attached hydrogens (primary N) is 1. The highest BCUT2D eigenvalue weighted by molar-refractivity contribution is 7.98. The predicted octanol–water partition coefficient (Wildman–Crippen LogP) is 3.84. The first-order valence-corrected chi connectivity index (χ1v) is 8.47. The summed E-state index contributed by atoms with van der Waals surface area (Å²) in [6.07, 6.45) is 5.95. The van der Waals surface area contributed by atoms with E-state index in [1.807, 2.05) is 6.20 Å². The molecule has 0 amide bonds. The quantitative estimate of drug-likeness (QED) is 0.856. The molecule has 110 valence electrons. The number of benzene rings is 1. The minimum Gasteiger partial charge on any atom is -0.324 e. The summed E-state index contributed by atoms with van der Waals surface area (Å²) < 4.78 is 0. The second-order valence-corrected chi connectivity index (χ2v) is 7.36. The Labute approximate surface area is 130 Å². The fraction of sp³-hybridized carbons (Fsp3) is 0.412. The van der Waals surface area contributed by atoms with E-state index in [1.165, 1.54) is 4.90 Å². The molecule has 0 fully saturated rings. The van der Waals surface area contributed by atoms with Gasteiger partial charge in [0.15, 0.2) is 5.82 Å². The van der Waals surface area contributed by atoms with Crippen molar-refractivity contribution in [2.45, 2.75) is 37.6 Å². The van der Waals surface area contributed by atoms with Crippen molar-refractivity contribution < 1.29 is 0 Å². The van der Waals surface area contributed by atoms with Crippen LogP contribution in [0, 0.1) is 5.41 Å². The van der Waals surface area contributed by atoms with Crippen molar-refractivity contribution in [1.82, 2.24) is 9.97 Å². The molecule has 21 heavy (non-hydrogen) atoms. The zero-order chi connectivity index (χ0) is 15.0. The van der Waals surface area contributed by atoms with Crippen LogP contribution in [0.1, 0.15) is 37.6 Å². The fourth-order valence-corrected chi connectivity index (χ4v) is 3.40. The van der Waals surface area contributed by atoms with Gasteiger partial charge in [-0.2, -0.15) is 0 Å². The molecule has 1 aromatic carbocycles. The van der Waals surface area contributed by atoms with Gasteiger partial charge >= 0.3 is 0 Å². The van der Waals surface area contributed by atoms with Crippen molar-refractivity contribution in [2.24, 2.45) is 11.1 Å². The number of hydrogen-bond acceptors (Lipinski definition) is 4. The summed E-state index contributed by atoms with van der Waals surface area (Å²) >= 11 is 1.74. The molecular formula is C17H21N3S. The van der Waals surface area contributed by atoms with Gasteiger partial charge in [-0.1, -0.05) is 26.0 Å². The molecule has 2 aromatic rings. The van der Waals surface area contributed by atoms with Crippen LogP contribution in [0.2, 0.25) is 0 Å². The van der Waals surface area contributed by atoms with E-state index in [0.29, 0.717) is 0 Å². The molecule has 3 nitrogen and oxygen atoms in total. The summed E-state index contributed by atoms with van der Waals surface area (Å²) in [6, 6.07) is 8.44. The van der Waals surface area contributed by atoms with E-state index < -0.39 is 0 Å². The number of hydrogen-bond donors (Lipinski definition) is 1. The highest BCUT2D eigenvalue weighted by Gasteiger charge is 2.31. The van der Waals surface area contributed by atoms with Gasteiger partial charge < -0.3 is 5.73 Å². The first-order chi connectivity index (χ1) is 9.98. The minimum atomic E-state index is 0.0525. The third-order valence-corrected chi connectivity index (χ3v) is 4.81. The average Bonchev–Trinajstić information content (AvgIpc) is 2.45. The van der Waals surface area contributed by atoms with Gasteiger partial charge in [0.05, 0.1) is 0 Å². The second-order valence-electron chi connectivity index (χ2n) is 6.48. The molecule has 1 aromatic heterocycles. The summed E-state index contributed by atoms with van der Waals surface area (Å²) in [4.78, 5) is 10.6. The number of thioether (sulfide) groups is 1. The zero-order valence-electron chi connectivity index (χ0n) is 12.8. The van der Waals surface area contributed by atoms with Crippen LogP contribution < -0.4 is 5.73 Å². The van der Waals surface area contributed by atoms with E-state index in [4.69, 9.17) is 10.7 Å². The van der Waals surface area contributed by atoms with Gasteiger partial charge in [0.1, 0.15) is 0 Å². The normalized spacial score (nSPS) is 20.1. The fourth-order valence-electron chi connectivity index (χ4n) is 2.99. The van der Waals surface area contributed by atoms with Crippen molar-refractivity contribution in [1.29, 1.82) is 0 Å². The van der Waals surface area contributed by atoms with E-state index in [9.17, 15) is 0 Å². The molecule has 1 heterocycles. The van der Waals surface area contributed by atoms with Crippen LogP contribution in [0.3, 0.4) is 0 Å². The lowest BCUT2D eigenvalue weighted by atomic mass is 9.74. The monoisotopic (exact) mass is 299 g/mol. The lowest BCUT2D eigenvalue weighted by Gasteiger charge is -2.34. The lowest BCUT2D eigenvalue weighted by Crippen LogP contribution is -2.30. The van der Waals surface area contributed by atoms with Crippen LogP contribution in [0.4, 0.5) is 0 Å². The standard InChI is InChI=1S/C17H21N3S/c1-17(2)8-14(18)13-10-19-16(20-15(13)9-17)11-4-6-12(21-3)7-5-11/h4-7,10,14H,8-9,18H2,1-3H3. The molecule has 1 atom stereocenters. The maximum Gasteiger partial charge on any atom is 0.159 e. The van der Waals surface area contributed by atoms with Crippen LogP contribution in [0.15, 0.2) is 35.4 Å².